The minimum absolute atomic E-state index is 0.0692. The van der Waals surface area contributed by atoms with Gasteiger partial charge in [0.25, 0.3) is 5.56 Å². The number of H-pyrrole nitrogens is 1. The summed E-state index contributed by atoms with van der Waals surface area (Å²) in [5, 5.41) is 0.511. The molecule has 0 aliphatic carbocycles. The molecule has 6 heteroatoms. The lowest BCUT2D eigenvalue weighted by atomic mass is 10.1. The van der Waals surface area contributed by atoms with Gasteiger partial charge in [0.15, 0.2) is 5.78 Å². The summed E-state index contributed by atoms with van der Waals surface area (Å²) < 4.78 is 5.05. The van der Waals surface area contributed by atoms with Crippen molar-refractivity contribution in [2.45, 2.75) is 6.42 Å². The minimum atomic E-state index is -0.387. The van der Waals surface area contributed by atoms with Crippen LogP contribution in [0.3, 0.4) is 0 Å². The van der Waals surface area contributed by atoms with E-state index in [4.69, 9.17) is 16.3 Å². The van der Waals surface area contributed by atoms with E-state index in [-0.39, 0.29) is 23.5 Å². The molecule has 0 radical (unpaired) electrons. The average Bonchev–Trinajstić information content (AvgIpc) is 2.55. The third kappa shape index (κ3) is 3.24. The first-order chi connectivity index (χ1) is 11.1. The second-order valence-electron chi connectivity index (χ2n) is 5.00. The largest absolute Gasteiger partial charge is 0.497 e. The maximum absolute atomic E-state index is 12.3. The maximum atomic E-state index is 12.3. The molecule has 0 fully saturated rings. The number of carbonyl (C=O) groups is 1. The Morgan fingerprint density at radius 2 is 1.96 bits per heavy atom. The standard InChI is InChI=1S/C17H13ClN2O3/c1-23-12-5-2-10(3-6-12)16(21)9-15-17(22)20-14-8-11(18)4-7-13(14)19-15/h2-8H,9H2,1H3,(H,20,22). The first-order valence-electron chi connectivity index (χ1n) is 6.92. The van der Waals surface area contributed by atoms with Crippen molar-refractivity contribution in [3.05, 3.63) is 69.1 Å². The molecule has 0 amide bonds. The van der Waals surface area contributed by atoms with Crippen molar-refractivity contribution in [3.63, 3.8) is 0 Å². The van der Waals surface area contributed by atoms with E-state index in [1.165, 1.54) is 0 Å². The molecule has 0 atom stereocenters. The van der Waals surface area contributed by atoms with E-state index in [9.17, 15) is 9.59 Å². The van der Waals surface area contributed by atoms with Crippen LogP contribution >= 0.6 is 11.6 Å². The SMILES string of the molecule is COc1ccc(C(=O)Cc2nc3ccc(Cl)cc3[nH]c2=O)cc1. The Hall–Kier alpha value is -2.66. The van der Waals surface area contributed by atoms with E-state index in [1.807, 2.05) is 0 Å². The maximum Gasteiger partial charge on any atom is 0.270 e. The zero-order valence-electron chi connectivity index (χ0n) is 12.3. The summed E-state index contributed by atoms with van der Waals surface area (Å²) in [6, 6.07) is 11.7. The third-order valence-electron chi connectivity index (χ3n) is 3.46. The van der Waals surface area contributed by atoms with Crippen molar-refractivity contribution >= 4 is 28.4 Å². The quantitative estimate of drug-likeness (QED) is 0.747. The molecule has 0 unspecified atom stereocenters. The van der Waals surface area contributed by atoms with E-state index in [0.717, 1.165) is 0 Å². The molecule has 1 heterocycles. The second-order valence-corrected chi connectivity index (χ2v) is 5.44. The topological polar surface area (TPSA) is 72.0 Å². The molecule has 1 N–H and O–H groups in total. The highest BCUT2D eigenvalue weighted by molar-refractivity contribution is 6.31. The average molecular weight is 329 g/mol. The van der Waals surface area contributed by atoms with Crippen molar-refractivity contribution in [2.24, 2.45) is 0 Å². The molecular formula is C17H13ClN2O3. The monoisotopic (exact) mass is 328 g/mol. The van der Waals surface area contributed by atoms with Gasteiger partial charge in [-0.15, -0.1) is 0 Å². The summed E-state index contributed by atoms with van der Waals surface area (Å²) in [7, 11) is 1.56. The van der Waals surface area contributed by atoms with Gasteiger partial charge in [-0.1, -0.05) is 11.6 Å². The number of fused-ring (bicyclic) bond motifs is 1. The number of nitrogens with zero attached hydrogens (tertiary/aromatic N) is 1. The fraction of sp³-hybridized carbons (Fsp3) is 0.118. The van der Waals surface area contributed by atoms with Crippen molar-refractivity contribution in [1.82, 2.24) is 9.97 Å². The zero-order chi connectivity index (χ0) is 16.4. The number of hydrogen-bond donors (Lipinski definition) is 1. The molecule has 1 aromatic heterocycles. The van der Waals surface area contributed by atoms with Gasteiger partial charge < -0.3 is 9.72 Å². The molecule has 3 aromatic rings. The molecule has 0 aliphatic heterocycles. The Balaban J connectivity index is 1.90. The Morgan fingerprint density at radius 1 is 1.22 bits per heavy atom. The van der Waals surface area contributed by atoms with Crippen LogP contribution in [0.25, 0.3) is 11.0 Å². The number of aromatic nitrogens is 2. The number of rotatable bonds is 4. The highest BCUT2D eigenvalue weighted by Crippen LogP contribution is 2.16. The van der Waals surface area contributed by atoms with Gasteiger partial charge in [0.05, 0.1) is 24.6 Å². The molecule has 0 bridgehead atoms. The van der Waals surface area contributed by atoms with Crippen LogP contribution in [-0.4, -0.2) is 22.9 Å². The van der Waals surface area contributed by atoms with Crippen LogP contribution in [0.4, 0.5) is 0 Å². The van der Waals surface area contributed by atoms with Crippen LogP contribution in [0, 0.1) is 0 Å². The van der Waals surface area contributed by atoms with Crippen LogP contribution in [0.5, 0.6) is 5.75 Å². The minimum Gasteiger partial charge on any atom is -0.497 e. The van der Waals surface area contributed by atoms with Crippen molar-refractivity contribution < 1.29 is 9.53 Å². The number of Topliss-reactive ketones (excluding diaryl/α,β-unsaturated/α-hetero) is 1. The van der Waals surface area contributed by atoms with Crippen LogP contribution < -0.4 is 10.3 Å². The Bertz CT molecular complexity index is 933. The number of ether oxygens (including phenoxy) is 1. The molecule has 0 saturated heterocycles. The Labute approximate surface area is 136 Å². The van der Waals surface area contributed by atoms with Gasteiger partial charge in [0, 0.05) is 10.6 Å². The van der Waals surface area contributed by atoms with Gasteiger partial charge in [-0.05, 0) is 42.5 Å². The highest BCUT2D eigenvalue weighted by atomic mass is 35.5. The fourth-order valence-corrected chi connectivity index (χ4v) is 2.42. The van der Waals surface area contributed by atoms with E-state index in [1.54, 1.807) is 49.6 Å². The number of carbonyl (C=O) groups excluding carboxylic acids is 1. The number of ketones is 1. The van der Waals surface area contributed by atoms with E-state index < -0.39 is 0 Å². The number of methoxy groups -OCH3 is 1. The molecule has 23 heavy (non-hydrogen) atoms. The third-order valence-corrected chi connectivity index (χ3v) is 3.70. The summed E-state index contributed by atoms with van der Waals surface area (Å²) in [6.45, 7) is 0. The van der Waals surface area contributed by atoms with E-state index >= 15 is 0 Å². The molecule has 0 aliphatic rings. The molecule has 2 aromatic carbocycles. The van der Waals surface area contributed by atoms with Gasteiger partial charge in [-0.25, -0.2) is 4.98 Å². The summed E-state index contributed by atoms with van der Waals surface area (Å²) in [6.07, 6.45) is -0.0692. The summed E-state index contributed by atoms with van der Waals surface area (Å²) in [5.41, 5.74) is 1.43. The number of benzene rings is 2. The Morgan fingerprint density at radius 3 is 2.65 bits per heavy atom. The van der Waals surface area contributed by atoms with Gasteiger partial charge in [0.2, 0.25) is 0 Å². The fourth-order valence-electron chi connectivity index (χ4n) is 2.25. The van der Waals surface area contributed by atoms with E-state index in [2.05, 4.69) is 9.97 Å². The summed E-state index contributed by atoms with van der Waals surface area (Å²) in [4.78, 5) is 31.3. The van der Waals surface area contributed by atoms with Crippen molar-refractivity contribution in [1.29, 1.82) is 0 Å². The molecule has 0 saturated carbocycles. The second kappa shape index (κ2) is 6.22. The number of halogens is 1. The number of nitrogens with one attached hydrogen (secondary N) is 1. The molecule has 3 rings (SSSR count). The molecular weight excluding hydrogens is 316 g/mol. The number of aromatic amines is 1. The normalized spacial score (nSPS) is 10.7. The lowest BCUT2D eigenvalue weighted by Gasteiger charge is -2.04. The van der Waals surface area contributed by atoms with Gasteiger partial charge >= 0.3 is 0 Å². The van der Waals surface area contributed by atoms with Crippen LogP contribution in [-0.2, 0) is 6.42 Å². The first kappa shape index (κ1) is 15.2. The lowest BCUT2D eigenvalue weighted by molar-refractivity contribution is 0.0991. The number of hydrogen-bond acceptors (Lipinski definition) is 4. The highest BCUT2D eigenvalue weighted by Gasteiger charge is 2.12. The zero-order valence-corrected chi connectivity index (χ0v) is 13.1. The van der Waals surface area contributed by atoms with Crippen molar-refractivity contribution in [2.75, 3.05) is 7.11 Å². The Kier molecular flexibility index (Phi) is 4.12. The lowest BCUT2D eigenvalue weighted by Crippen LogP contribution is -2.19. The van der Waals surface area contributed by atoms with Gasteiger partial charge in [-0.2, -0.15) is 0 Å². The first-order valence-corrected chi connectivity index (χ1v) is 7.30. The summed E-state index contributed by atoms with van der Waals surface area (Å²) >= 11 is 5.89. The predicted octanol–water partition coefficient (Wildman–Crippen LogP) is 3.01. The van der Waals surface area contributed by atoms with Gasteiger partial charge in [0.1, 0.15) is 11.4 Å². The smallest absolute Gasteiger partial charge is 0.270 e. The predicted molar refractivity (Wildman–Crippen MR) is 88.4 cm³/mol. The molecule has 5 nitrogen and oxygen atoms in total. The van der Waals surface area contributed by atoms with Crippen LogP contribution in [0.2, 0.25) is 5.02 Å². The van der Waals surface area contributed by atoms with Crippen LogP contribution in [0.1, 0.15) is 16.1 Å². The van der Waals surface area contributed by atoms with Crippen molar-refractivity contribution in [3.8, 4) is 5.75 Å². The van der Waals surface area contributed by atoms with Crippen LogP contribution in [0.15, 0.2) is 47.3 Å². The van der Waals surface area contributed by atoms with E-state index in [0.29, 0.717) is 27.4 Å². The summed E-state index contributed by atoms with van der Waals surface area (Å²) in [5.74, 6) is 0.485. The molecule has 116 valence electrons. The molecule has 0 spiro atoms. The van der Waals surface area contributed by atoms with Gasteiger partial charge in [-0.3, -0.25) is 9.59 Å².